The van der Waals surface area contributed by atoms with E-state index in [1.807, 2.05) is 91.0 Å². The van der Waals surface area contributed by atoms with Crippen molar-refractivity contribution in [3.05, 3.63) is 126 Å². The number of benzene rings is 3. The lowest BCUT2D eigenvalue weighted by molar-refractivity contribution is -0.181. The van der Waals surface area contributed by atoms with Crippen LogP contribution < -0.4 is 0 Å². The van der Waals surface area contributed by atoms with Crippen LogP contribution in [0.5, 0.6) is 0 Å². The van der Waals surface area contributed by atoms with E-state index in [0.29, 0.717) is 16.8 Å². The van der Waals surface area contributed by atoms with Crippen LogP contribution in [0.2, 0.25) is 0 Å². The monoisotopic (exact) mass is 567 g/mol. The van der Waals surface area contributed by atoms with Crippen LogP contribution in [-0.4, -0.2) is 44.8 Å². The smallest absolute Gasteiger partial charge is 0.411 e. The van der Waals surface area contributed by atoms with Gasteiger partial charge in [0.2, 0.25) is 0 Å². The molecule has 3 aromatic carbocycles. The summed E-state index contributed by atoms with van der Waals surface area (Å²) in [6, 6.07) is 27.0. The van der Waals surface area contributed by atoms with Gasteiger partial charge >= 0.3 is 18.0 Å². The third-order valence-corrected chi connectivity index (χ3v) is 6.89. The molecule has 0 saturated carbocycles. The maximum absolute atomic E-state index is 14.2. The van der Waals surface area contributed by atoms with Crippen molar-refractivity contribution >= 4 is 18.0 Å². The van der Waals surface area contributed by atoms with Crippen molar-refractivity contribution in [2.24, 2.45) is 0 Å². The maximum Gasteiger partial charge on any atom is 0.411 e. The Morgan fingerprint density at radius 2 is 1.50 bits per heavy atom. The summed E-state index contributed by atoms with van der Waals surface area (Å²) in [4.78, 5) is 43.3. The van der Waals surface area contributed by atoms with Gasteiger partial charge in [-0.15, -0.1) is 0 Å². The SMILES string of the molecule is CC(C)(C)OC(=O)C(c1ccn[nH]1)[C@H]1C(=O)O[C@@H](c2ccccc2)[C@@H](c2ccccc2)N1C(=O)OCc1ccccc1. The molecule has 0 radical (unpaired) electrons. The molecule has 216 valence electrons. The second-order valence-electron chi connectivity index (χ2n) is 11.0. The van der Waals surface area contributed by atoms with Crippen LogP contribution in [0.1, 0.15) is 61.2 Å². The van der Waals surface area contributed by atoms with Gasteiger partial charge in [0.15, 0.2) is 12.1 Å². The van der Waals surface area contributed by atoms with E-state index in [4.69, 9.17) is 14.2 Å². The van der Waals surface area contributed by atoms with Crippen molar-refractivity contribution in [1.29, 1.82) is 0 Å². The van der Waals surface area contributed by atoms with Gasteiger partial charge in [-0.3, -0.25) is 14.8 Å². The highest BCUT2D eigenvalue weighted by atomic mass is 16.6. The molecule has 0 bridgehead atoms. The number of carbonyl (C=O) groups is 3. The third kappa shape index (κ3) is 6.35. The first-order chi connectivity index (χ1) is 20.2. The number of H-pyrrole nitrogens is 1. The van der Waals surface area contributed by atoms with E-state index in [-0.39, 0.29) is 6.61 Å². The molecule has 1 amide bonds. The van der Waals surface area contributed by atoms with Gasteiger partial charge in [0.1, 0.15) is 24.2 Å². The molecule has 2 heterocycles. The average Bonchev–Trinajstić information content (AvgIpc) is 3.51. The zero-order valence-electron chi connectivity index (χ0n) is 23.7. The van der Waals surface area contributed by atoms with E-state index in [1.54, 1.807) is 26.8 Å². The minimum Gasteiger partial charge on any atom is -0.459 e. The van der Waals surface area contributed by atoms with Crippen molar-refractivity contribution in [2.75, 3.05) is 0 Å². The van der Waals surface area contributed by atoms with E-state index in [1.165, 1.54) is 11.1 Å². The summed E-state index contributed by atoms with van der Waals surface area (Å²) in [6.07, 6.45) is -0.175. The Hall–Kier alpha value is -4.92. The summed E-state index contributed by atoms with van der Waals surface area (Å²) in [6.45, 7) is 5.17. The standard InChI is InChI=1S/C33H33N3O6/c1-33(2,3)42-30(37)26(25-19-20-34-35-25)28-31(38)41-29(24-17-11-6-12-18-24)27(23-15-9-5-10-16-23)36(28)32(39)40-21-22-13-7-4-8-14-22/h4-20,26-29H,21H2,1-3H3,(H,34,35)/t26?,27-,28+,29+/m1/s1. The quantitative estimate of drug-likeness (QED) is 0.219. The molecule has 0 aliphatic carbocycles. The number of aromatic amines is 1. The van der Waals surface area contributed by atoms with Gasteiger partial charge in [-0.05, 0) is 43.5 Å². The van der Waals surface area contributed by atoms with Crippen LogP contribution in [0.15, 0.2) is 103 Å². The number of hydrogen-bond acceptors (Lipinski definition) is 7. The van der Waals surface area contributed by atoms with Crippen molar-refractivity contribution in [3.8, 4) is 0 Å². The van der Waals surface area contributed by atoms with Crippen LogP contribution >= 0.6 is 0 Å². The second-order valence-corrected chi connectivity index (χ2v) is 11.0. The number of ether oxygens (including phenoxy) is 3. The fourth-order valence-corrected chi connectivity index (χ4v) is 5.12. The summed E-state index contributed by atoms with van der Waals surface area (Å²) < 4.78 is 17.7. The third-order valence-electron chi connectivity index (χ3n) is 6.89. The van der Waals surface area contributed by atoms with E-state index in [2.05, 4.69) is 10.2 Å². The van der Waals surface area contributed by atoms with Crippen LogP contribution in [-0.2, 0) is 30.4 Å². The number of nitrogens with zero attached hydrogens (tertiary/aromatic N) is 2. The molecule has 1 unspecified atom stereocenters. The number of nitrogens with one attached hydrogen (secondary N) is 1. The summed E-state index contributed by atoms with van der Waals surface area (Å²) in [5.74, 6) is -2.75. The molecule has 1 saturated heterocycles. The Morgan fingerprint density at radius 3 is 2.07 bits per heavy atom. The Bertz CT molecular complexity index is 1490. The van der Waals surface area contributed by atoms with Crippen molar-refractivity contribution in [1.82, 2.24) is 15.1 Å². The van der Waals surface area contributed by atoms with Crippen molar-refractivity contribution < 1.29 is 28.6 Å². The molecule has 4 atom stereocenters. The van der Waals surface area contributed by atoms with Gasteiger partial charge in [0, 0.05) is 6.20 Å². The zero-order chi connectivity index (χ0) is 29.7. The Morgan fingerprint density at radius 1 is 0.905 bits per heavy atom. The van der Waals surface area contributed by atoms with E-state index >= 15 is 0 Å². The fraction of sp³-hybridized carbons (Fsp3) is 0.273. The normalized spacial score (nSPS) is 19.5. The fourth-order valence-electron chi connectivity index (χ4n) is 5.12. The first-order valence-electron chi connectivity index (χ1n) is 13.7. The largest absolute Gasteiger partial charge is 0.459 e. The Labute approximate surface area is 244 Å². The molecule has 1 aliphatic heterocycles. The van der Waals surface area contributed by atoms with Crippen molar-refractivity contribution in [2.45, 2.75) is 57.1 Å². The average molecular weight is 568 g/mol. The lowest BCUT2D eigenvalue weighted by atomic mass is 9.86. The van der Waals surface area contributed by atoms with Crippen LogP contribution in [0, 0.1) is 0 Å². The number of amides is 1. The molecule has 42 heavy (non-hydrogen) atoms. The molecular weight excluding hydrogens is 534 g/mol. The minimum absolute atomic E-state index is 0.0311. The molecule has 1 aliphatic rings. The number of rotatable bonds is 7. The highest BCUT2D eigenvalue weighted by molar-refractivity contribution is 5.92. The molecule has 9 heteroatoms. The molecule has 1 N–H and O–H groups in total. The molecule has 0 spiro atoms. The lowest BCUT2D eigenvalue weighted by Crippen LogP contribution is -2.58. The number of aromatic nitrogens is 2. The number of morpholine rings is 1. The Kier molecular flexibility index (Phi) is 8.38. The molecule has 9 nitrogen and oxygen atoms in total. The number of hydrogen-bond donors (Lipinski definition) is 1. The Balaban J connectivity index is 1.65. The van der Waals surface area contributed by atoms with Gasteiger partial charge in [-0.2, -0.15) is 5.10 Å². The van der Waals surface area contributed by atoms with Gasteiger partial charge in [0.25, 0.3) is 0 Å². The summed E-state index contributed by atoms with van der Waals surface area (Å²) in [5, 5.41) is 6.81. The summed E-state index contributed by atoms with van der Waals surface area (Å²) in [7, 11) is 0. The van der Waals surface area contributed by atoms with E-state index < -0.39 is 47.7 Å². The lowest BCUT2D eigenvalue weighted by Gasteiger charge is -2.46. The van der Waals surface area contributed by atoms with E-state index in [9.17, 15) is 14.4 Å². The van der Waals surface area contributed by atoms with E-state index in [0.717, 1.165) is 5.56 Å². The predicted molar refractivity (Wildman–Crippen MR) is 154 cm³/mol. The number of carbonyl (C=O) groups excluding carboxylic acids is 3. The van der Waals surface area contributed by atoms with Gasteiger partial charge in [-0.1, -0.05) is 91.0 Å². The van der Waals surface area contributed by atoms with Gasteiger partial charge < -0.3 is 14.2 Å². The van der Waals surface area contributed by atoms with Gasteiger partial charge in [0.05, 0.1) is 5.69 Å². The van der Waals surface area contributed by atoms with Gasteiger partial charge in [-0.25, -0.2) is 9.59 Å². The topological polar surface area (TPSA) is 111 Å². The first kappa shape index (κ1) is 28.6. The molecule has 4 aromatic rings. The molecule has 5 rings (SSSR count). The summed E-state index contributed by atoms with van der Waals surface area (Å²) >= 11 is 0. The summed E-state index contributed by atoms with van der Waals surface area (Å²) in [5.41, 5.74) is 1.60. The highest BCUT2D eigenvalue weighted by Gasteiger charge is 2.54. The zero-order valence-corrected chi connectivity index (χ0v) is 23.7. The van der Waals surface area contributed by atoms with Crippen molar-refractivity contribution in [3.63, 3.8) is 0 Å². The number of esters is 2. The molecule has 1 fully saturated rings. The molecule has 1 aromatic heterocycles. The second kappa shape index (κ2) is 12.3. The maximum atomic E-state index is 14.2. The van der Waals surface area contributed by atoms with Crippen LogP contribution in [0.25, 0.3) is 0 Å². The van der Waals surface area contributed by atoms with Crippen LogP contribution in [0.4, 0.5) is 4.79 Å². The predicted octanol–water partition coefficient (Wildman–Crippen LogP) is 5.88. The molecular formula is C33H33N3O6. The highest BCUT2D eigenvalue weighted by Crippen LogP contribution is 2.45. The van der Waals surface area contributed by atoms with Crippen LogP contribution in [0.3, 0.4) is 0 Å². The number of cyclic esters (lactones) is 1. The minimum atomic E-state index is -1.42. The first-order valence-corrected chi connectivity index (χ1v) is 13.7.